The number of nitro benzene ring substituents is 1. The van der Waals surface area contributed by atoms with Crippen LogP contribution < -0.4 is 4.90 Å². The van der Waals surface area contributed by atoms with Crippen LogP contribution in [0.5, 0.6) is 0 Å². The van der Waals surface area contributed by atoms with E-state index in [0.29, 0.717) is 6.04 Å². The maximum Gasteiger partial charge on any atom is 0.344 e. The predicted octanol–water partition coefficient (Wildman–Crippen LogP) is 3.15. The highest BCUT2D eigenvalue weighted by atomic mass is 16.6. The third-order valence-corrected chi connectivity index (χ3v) is 4.01. The number of rotatable bonds is 4. The number of ether oxygens (including phenoxy) is 1. The Balaban J connectivity index is 2.41. The van der Waals surface area contributed by atoms with E-state index in [-0.39, 0.29) is 11.3 Å². The molecule has 1 saturated heterocycles. The van der Waals surface area contributed by atoms with Crippen LogP contribution in [0.15, 0.2) is 18.2 Å². The molecular weight excluding hydrogens is 272 g/mol. The maximum absolute atomic E-state index is 11.8. The summed E-state index contributed by atoms with van der Waals surface area (Å²) >= 11 is 0. The molecule has 0 amide bonds. The van der Waals surface area contributed by atoms with Crippen molar-refractivity contribution in [3.8, 4) is 0 Å². The first kappa shape index (κ1) is 15.3. The molecule has 1 unspecified atom stereocenters. The molecule has 1 atom stereocenters. The van der Waals surface area contributed by atoms with Crippen molar-refractivity contribution in [3.05, 3.63) is 33.9 Å². The van der Waals surface area contributed by atoms with Crippen molar-refractivity contribution < 1.29 is 14.5 Å². The number of benzene rings is 1. The molecule has 1 fully saturated rings. The first-order valence-electron chi connectivity index (χ1n) is 7.21. The highest BCUT2D eigenvalue weighted by molar-refractivity contribution is 5.95. The normalized spacial score (nSPS) is 18.4. The van der Waals surface area contributed by atoms with Gasteiger partial charge in [0.2, 0.25) is 0 Å². The van der Waals surface area contributed by atoms with E-state index in [9.17, 15) is 14.9 Å². The fourth-order valence-electron chi connectivity index (χ4n) is 2.90. The van der Waals surface area contributed by atoms with Crippen LogP contribution in [-0.2, 0) is 4.74 Å². The van der Waals surface area contributed by atoms with E-state index < -0.39 is 10.9 Å². The molecule has 0 bridgehead atoms. The fraction of sp³-hybridized carbons (Fsp3) is 0.533. The van der Waals surface area contributed by atoms with Crippen LogP contribution in [0.2, 0.25) is 0 Å². The van der Waals surface area contributed by atoms with Gasteiger partial charge in [0, 0.05) is 24.3 Å². The number of hydrogen-bond acceptors (Lipinski definition) is 5. The van der Waals surface area contributed by atoms with Gasteiger partial charge in [0.1, 0.15) is 5.56 Å². The number of methoxy groups -OCH3 is 1. The molecule has 0 saturated carbocycles. The van der Waals surface area contributed by atoms with Crippen LogP contribution in [0.4, 0.5) is 11.4 Å². The van der Waals surface area contributed by atoms with Crippen molar-refractivity contribution in [2.24, 2.45) is 0 Å². The van der Waals surface area contributed by atoms with Gasteiger partial charge in [0.15, 0.2) is 0 Å². The minimum Gasteiger partial charge on any atom is -0.465 e. The van der Waals surface area contributed by atoms with E-state index in [1.807, 2.05) is 0 Å². The number of anilines is 1. The molecule has 6 heteroatoms. The summed E-state index contributed by atoms with van der Waals surface area (Å²) in [6, 6.07) is 5.12. The minimum absolute atomic E-state index is 0.0143. The SMILES string of the molecule is CCC1CCCCN1c1ccc([N+](=O)[O-])c(C(=O)OC)c1. The summed E-state index contributed by atoms with van der Waals surface area (Å²) < 4.78 is 4.66. The summed E-state index contributed by atoms with van der Waals surface area (Å²) in [7, 11) is 1.23. The van der Waals surface area contributed by atoms with Crippen molar-refractivity contribution in [2.75, 3.05) is 18.6 Å². The van der Waals surface area contributed by atoms with Gasteiger partial charge in [-0.3, -0.25) is 10.1 Å². The number of nitrogens with zero attached hydrogens (tertiary/aromatic N) is 2. The Morgan fingerprint density at radius 2 is 2.24 bits per heavy atom. The van der Waals surface area contributed by atoms with E-state index >= 15 is 0 Å². The topological polar surface area (TPSA) is 72.7 Å². The number of nitro groups is 1. The van der Waals surface area contributed by atoms with Gasteiger partial charge in [0.05, 0.1) is 12.0 Å². The van der Waals surface area contributed by atoms with Crippen LogP contribution in [0.1, 0.15) is 43.0 Å². The van der Waals surface area contributed by atoms with Crippen LogP contribution >= 0.6 is 0 Å². The summed E-state index contributed by atoms with van der Waals surface area (Å²) in [6.07, 6.45) is 4.43. The molecule has 6 nitrogen and oxygen atoms in total. The van der Waals surface area contributed by atoms with Crippen molar-refractivity contribution in [3.63, 3.8) is 0 Å². The lowest BCUT2D eigenvalue weighted by Gasteiger charge is -2.37. The monoisotopic (exact) mass is 292 g/mol. The Labute approximate surface area is 123 Å². The van der Waals surface area contributed by atoms with Gasteiger partial charge < -0.3 is 9.64 Å². The lowest BCUT2D eigenvalue weighted by Crippen LogP contribution is -2.39. The van der Waals surface area contributed by atoms with Gasteiger partial charge in [0.25, 0.3) is 5.69 Å². The molecule has 0 N–H and O–H groups in total. The van der Waals surface area contributed by atoms with Crippen molar-refractivity contribution in [2.45, 2.75) is 38.6 Å². The minimum atomic E-state index is -0.673. The van der Waals surface area contributed by atoms with Crippen LogP contribution in [0.3, 0.4) is 0 Å². The zero-order chi connectivity index (χ0) is 15.4. The van der Waals surface area contributed by atoms with Crippen LogP contribution in [0, 0.1) is 10.1 Å². The Kier molecular flexibility index (Phi) is 4.77. The summed E-state index contributed by atoms with van der Waals surface area (Å²) in [4.78, 5) is 24.5. The lowest BCUT2D eigenvalue weighted by atomic mass is 9.98. The second-order valence-electron chi connectivity index (χ2n) is 5.20. The Morgan fingerprint density at radius 1 is 1.48 bits per heavy atom. The zero-order valence-corrected chi connectivity index (χ0v) is 12.4. The summed E-state index contributed by atoms with van der Waals surface area (Å²) in [6.45, 7) is 3.05. The molecule has 21 heavy (non-hydrogen) atoms. The van der Waals surface area contributed by atoms with Crippen molar-refractivity contribution in [1.29, 1.82) is 0 Å². The molecule has 0 spiro atoms. The number of esters is 1. The van der Waals surface area contributed by atoms with E-state index in [4.69, 9.17) is 0 Å². The molecule has 114 valence electrons. The summed E-state index contributed by atoms with van der Waals surface area (Å²) in [5, 5.41) is 11.0. The molecule has 0 radical (unpaired) electrons. The van der Waals surface area contributed by atoms with Gasteiger partial charge in [-0.2, -0.15) is 0 Å². The second kappa shape index (κ2) is 6.56. The second-order valence-corrected chi connectivity index (χ2v) is 5.20. The van der Waals surface area contributed by atoms with Crippen molar-refractivity contribution in [1.82, 2.24) is 0 Å². The number of hydrogen-bond donors (Lipinski definition) is 0. The van der Waals surface area contributed by atoms with Gasteiger partial charge in [-0.15, -0.1) is 0 Å². The molecule has 0 aliphatic carbocycles. The maximum atomic E-state index is 11.8. The smallest absolute Gasteiger partial charge is 0.344 e. The number of carbonyl (C=O) groups is 1. The molecule has 2 rings (SSSR count). The Hall–Kier alpha value is -2.11. The van der Waals surface area contributed by atoms with E-state index in [0.717, 1.165) is 31.5 Å². The fourth-order valence-corrected chi connectivity index (χ4v) is 2.90. The van der Waals surface area contributed by atoms with E-state index in [1.54, 1.807) is 12.1 Å². The third-order valence-electron chi connectivity index (χ3n) is 4.01. The highest BCUT2D eigenvalue weighted by Crippen LogP contribution is 2.30. The predicted molar refractivity (Wildman–Crippen MR) is 79.7 cm³/mol. The quantitative estimate of drug-likeness (QED) is 0.484. The third kappa shape index (κ3) is 3.15. The number of piperidine rings is 1. The van der Waals surface area contributed by atoms with Gasteiger partial charge >= 0.3 is 5.97 Å². The number of carbonyl (C=O) groups excluding carboxylic acids is 1. The average molecular weight is 292 g/mol. The van der Waals surface area contributed by atoms with Gasteiger partial charge in [-0.25, -0.2) is 4.79 Å². The largest absolute Gasteiger partial charge is 0.465 e. The first-order valence-corrected chi connectivity index (χ1v) is 7.21. The lowest BCUT2D eigenvalue weighted by molar-refractivity contribution is -0.385. The zero-order valence-electron chi connectivity index (χ0n) is 12.4. The van der Waals surface area contributed by atoms with Crippen molar-refractivity contribution >= 4 is 17.3 Å². The average Bonchev–Trinajstić information content (AvgIpc) is 2.53. The Morgan fingerprint density at radius 3 is 2.86 bits per heavy atom. The van der Waals surface area contributed by atoms with Crippen LogP contribution in [0.25, 0.3) is 0 Å². The molecule has 1 aliphatic heterocycles. The molecule has 0 aromatic heterocycles. The Bertz CT molecular complexity index is 544. The standard InChI is InChI=1S/C15H20N2O4/c1-3-11-6-4-5-9-16(11)12-7-8-14(17(19)20)13(10-12)15(18)21-2/h7-8,10-11H,3-6,9H2,1-2H3. The molecule has 1 aromatic carbocycles. The molecule has 1 aromatic rings. The highest BCUT2D eigenvalue weighted by Gasteiger charge is 2.26. The first-order chi connectivity index (χ1) is 10.1. The summed E-state index contributed by atoms with van der Waals surface area (Å²) in [5.74, 6) is -0.673. The van der Waals surface area contributed by atoms with E-state index in [1.165, 1.54) is 19.6 Å². The molecule has 1 aliphatic rings. The van der Waals surface area contributed by atoms with Gasteiger partial charge in [-0.1, -0.05) is 6.92 Å². The van der Waals surface area contributed by atoms with Crippen LogP contribution in [-0.4, -0.2) is 30.6 Å². The van der Waals surface area contributed by atoms with Gasteiger partial charge in [-0.05, 0) is 37.8 Å². The van der Waals surface area contributed by atoms with E-state index in [2.05, 4.69) is 16.6 Å². The molecule has 1 heterocycles. The molecular formula is C15H20N2O4. The summed E-state index contributed by atoms with van der Waals surface area (Å²) in [5.41, 5.74) is 0.656.